The molecule has 0 atom stereocenters. The number of carbonyl (C=O) groups excluding carboxylic acids is 1. The summed E-state index contributed by atoms with van der Waals surface area (Å²) in [5, 5.41) is 12.7. The molecule has 0 fully saturated rings. The summed E-state index contributed by atoms with van der Waals surface area (Å²) in [6, 6.07) is 14.8. The van der Waals surface area contributed by atoms with Crippen LogP contribution in [0.2, 0.25) is 0 Å². The highest BCUT2D eigenvalue weighted by Crippen LogP contribution is 2.31. The number of hydrogen-bond acceptors (Lipinski definition) is 4. The minimum Gasteiger partial charge on any atom is -0.508 e. The van der Waals surface area contributed by atoms with Gasteiger partial charge in [-0.3, -0.25) is 9.78 Å². The van der Waals surface area contributed by atoms with Crippen molar-refractivity contribution in [2.45, 2.75) is 20.0 Å². The zero-order chi connectivity index (χ0) is 18.1. The van der Waals surface area contributed by atoms with Crippen molar-refractivity contribution in [1.29, 1.82) is 0 Å². The number of pyridine rings is 1. The lowest BCUT2D eigenvalue weighted by atomic mass is 10.0. The normalized spacial score (nSPS) is 13.0. The first kappa shape index (κ1) is 16.1. The van der Waals surface area contributed by atoms with E-state index in [0.29, 0.717) is 13.1 Å². The molecule has 4 rings (SSSR count). The van der Waals surface area contributed by atoms with E-state index < -0.39 is 0 Å². The highest BCUT2D eigenvalue weighted by Gasteiger charge is 2.29. The summed E-state index contributed by atoms with van der Waals surface area (Å²) in [5.74, 6) is 0.283. The zero-order valence-corrected chi connectivity index (χ0v) is 14.4. The van der Waals surface area contributed by atoms with E-state index in [1.165, 1.54) is 0 Å². The Bertz CT molecular complexity index is 953. The second-order valence-corrected chi connectivity index (χ2v) is 6.52. The predicted molar refractivity (Wildman–Crippen MR) is 100 cm³/mol. The average Bonchev–Trinajstić information content (AvgIpc) is 2.94. The van der Waals surface area contributed by atoms with Gasteiger partial charge < -0.3 is 15.3 Å². The standard InChI is InChI=1S/C21H19N3O2/c1-14-9-18(23-17-3-2-8-22-11-17)10-16-13-24(21(26)20(14)16)12-15-4-6-19(25)7-5-15/h2-11,23,25H,12-13H2,1H3. The van der Waals surface area contributed by atoms with E-state index in [-0.39, 0.29) is 11.7 Å². The number of hydrogen-bond donors (Lipinski definition) is 2. The number of anilines is 2. The molecule has 130 valence electrons. The van der Waals surface area contributed by atoms with E-state index in [1.54, 1.807) is 24.5 Å². The molecule has 0 saturated carbocycles. The fraction of sp³-hybridized carbons (Fsp3) is 0.143. The highest BCUT2D eigenvalue weighted by molar-refractivity contribution is 6.00. The van der Waals surface area contributed by atoms with Crippen LogP contribution in [0.25, 0.3) is 0 Å². The predicted octanol–water partition coefficient (Wildman–Crippen LogP) is 4.00. The number of fused-ring (bicyclic) bond motifs is 1. The molecule has 1 aliphatic rings. The van der Waals surface area contributed by atoms with E-state index in [4.69, 9.17) is 0 Å². The third-order valence-electron chi connectivity index (χ3n) is 4.54. The SMILES string of the molecule is Cc1cc(Nc2cccnc2)cc2c1C(=O)N(Cc1ccc(O)cc1)C2. The molecule has 2 aromatic carbocycles. The first-order valence-electron chi connectivity index (χ1n) is 8.48. The van der Waals surface area contributed by atoms with Gasteiger partial charge in [-0.1, -0.05) is 12.1 Å². The highest BCUT2D eigenvalue weighted by atomic mass is 16.3. The third-order valence-corrected chi connectivity index (χ3v) is 4.54. The topological polar surface area (TPSA) is 65.5 Å². The molecule has 2 heterocycles. The first-order valence-corrected chi connectivity index (χ1v) is 8.48. The fourth-order valence-electron chi connectivity index (χ4n) is 3.35. The van der Waals surface area contributed by atoms with Gasteiger partial charge in [-0.2, -0.15) is 0 Å². The van der Waals surface area contributed by atoms with Crippen molar-refractivity contribution >= 4 is 17.3 Å². The molecule has 1 amide bonds. The van der Waals surface area contributed by atoms with Crippen LogP contribution in [-0.2, 0) is 13.1 Å². The van der Waals surface area contributed by atoms with E-state index >= 15 is 0 Å². The zero-order valence-electron chi connectivity index (χ0n) is 14.4. The largest absolute Gasteiger partial charge is 0.508 e. The lowest BCUT2D eigenvalue weighted by Crippen LogP contribution is -2.23. The molecule has 2 N–H and O–H groups in total. The van der Waals surface area contributed by atoms with Crippen LogP contribution in [0.5, 0.6) is 5.75 Å². The van der Waals surface area contributed by atoms with E-state index in [0.717, 1.165) is 33.6 Å². The van der Waals surface area contributed by atoms with Crippen molar-refractivity contribution in [3.8, 4) is 5.75 Å². The average molecular weight is 345 g/mol. The summed E-state index contributed by atoms with van der Waals surface area (Å²) in [6.07, 6.45) is 3.50. The van der Waals surface area contributed by atoms with Crippen molar-refractivity contribution in [3.05, 3.63) is 83.2 Å². The number of phenols is 1. The van der Waals surface area contributed by atoms with Crippen molar-refractivity contribution in [2.75, 3.05) is 5.32 Å². The summed E-state index contributed by atoms with van der Waals surface area (Å²) in [6.45, 7) is 3.08. The molecule has 0 radical (unpaired) electrons. The molecule has 3 aromatic rings. The van der Waals surface area contributed by atoms with E-state index in [2.05, 4.69) is 10.3 Å². The molecule has 0 unspecified atom stereocenters. The van der Waals surface area contributed by atoms with Crippen molar-refractivity contribution < 1.29 is 9.90 Å². The first-order chi connectivity index (χ1) is 12.6. The summed E-state index contributed by atoms with van der Waals surface area (Å²) >= 11 is 0. The molecular weight excluding hydrogens is 326 g/mol. The maximum atomic E-state index is 12.8. The molecule has 5 nitrogen and oxygen atoms in total. The third kappa shape index (κ3) is 3.11. The van der Waals surface area contributed by atoms with Gasteiger partial charge in [0, 0.05) is 30.5 Å². The molecule has 0 spiro atoms. The van der Waals surface area contributed by atoms with Crippen molar-refractivity contribution in [3.63, 3.8) is 0 Å². The Balaban J connectivity index is 1.57. The van der Waals surface area contributed by atoms with Crippen LogP contribution in [-0.4, -0.2) is 20.9 Å². The smallest absolute Gasteiger partial charge is 0.255 e. The van der Waals surface area contributed by atoms with Gasteiger partial charge in [0.05, 0.1) is 11.9 Å². The number of phenolic OH excluding ortho intramolecular Hbond substituents is 1. The van der Waals surface area contributed by atoms with Gasteiger partial charge >= 0.3 is 0 Å². The second kappa shape index (κ2) is 6.52. The molecule has 1 aromatic heterocycles. The summed E-state index contributed by atoms with van der Waals surface area (Å²) in [5.41, 5.74) is 5.65. The monoisotopic (exact) mass is 345 g/mol. The van der Waals surface area contributed by atoms with Gasteiger partial charge in [0.15, 0.2) is 0 Å². The van der Waals surface area contributed by atoms with Crippen LogP contribution in [0.3, 0.4) is 0 Å². The Kier molecular flexibility index (Phi) is 4.05. The number of nitrogens with zero attached hydrogens (tertiary/aromatic N) is 2. The second-order valence-electron chi connectivity index (χ2n) is 6.52. The number of carbonyl (C=O) groups is 1. The molecule has 0 aliphatic carbocycles. The molecule has 26 heavy (non-hydrogen) atoms. The van der Waals surface area contributed by atoms with Crippen LogP contribution in [0.4, 0.5) is 11.4 Å². The fourth-order valence-corrected chi connectivity index (χ4v) is 3.35. The van der Waals surface area contributed by atoms with Gasteiger partial charge in [-0.15, -0.1) is 0 Å². The van der Waals surface area contributed by atoms with Gasteiger partial charge in [0.2, 0.25) is 0 Å². The quantitative estimate of drug-likeness (QED) is 0.750. The van der Waals surface area contributed by atoms with E-state index in [9.17, 15) is 9.90 Å². The van der Waals surface area contributed by atoms with Gasteiger partial charge in [0.1, 0.15) is 5.75 Å². The van der Waals surface area contributed by atoms with E-state index in [1.807, 2.05) is 48.2 Å². The van der Waals surface area contributed by atoms with Gasteiger partial charge in [-0.25, -0.2) is 0 Å². The number of aromatic nitrogens is 1. The number of amides is 1. The van der Waals surface area contributed by atoms with Crippen LogP contribution in [0.1, 0.15) is 27.0 Å². The molecule has 1 aliphatic heterocycles. The van der Waals surface area contributed by atoms with Gasteiger partial charge in [0.25, 0.3) is 5.91 Å². The number of aryl methyl sites for hydroxylation is 1. The molecule has 0 bridgehead atoms. The number of rotatable bonds is 4. The number of benzene rings is 2. The van der Waals surface area contributed by atoms with Crippen LogP contribution in [0, 0.1) is 6.92 Å². The molecular formula is C21H19N3O2. The van der Waals surface area contributed by atoms with Crippen LogP contribution >= 0.6 is 0 Å². The minimum absolute atomic E-state index is 0.0542. The van der Waals surface area contributed by atoms with Crippen molar-refractivity contribution in [1.82, 2.24) is 9.88 Å². The summed E-state index contributed by atoms with van der Waals surface area (Å²) in [7, 11) is 0. The maximum absolute atomic E-state index is 12.8. The lowest BCUT2D eigenvalue weighted by molar-refractivity contribution is 0.0766. The summed E-state index contributed by atoms with van der Waals surface area (Å²) in [4.78, 5) is 18.7. The van der Waals surface area contributed by atoms with Crippen molar-refractivity contribution in [2.24, 2.45) is 0 Å². The lowest BCUT2D eigenvalue weighted by Gasteiger charge is -2.15. The Morgan fingerprint density at radius 2 is 1.96 bits per heavy atom. The van der Waals surface area contributed by atoms with Crippen LogP contribution in [0.15, 0.2) is 60.9 Å². The Labute approximate surface area is 151 Å². The molecule has 5 heteroatoms. The van der Waals surface area contributed by atoms with Gasteiger partial charge in [-0.05, 0) is 60.0 Å². The molecule has 0 saturated heterocycles. The maximum Gasteiger partial charge on any atom is 0.255 e. The Morgan fingerprint density at radius 3 is 2.69 bits per heavy atom. The Morgan fingerprint density at radius 1 is 1.15 bits per heavy atom. The van der Waals surface area contributed by atoms with Crippen LogP contribution < -0.4 is 5.32 Å². The summed E-state index contributed by atoms with van der Waals surface area (Å²) < 4.78 is 0. The number of nitrogens with one attached hydrogen (secondary N) is 1. The number of aromatic hydroxyl groups is 1. The Hall–Kier alpha value is -3.34. The minimum atomic E-state index is 0.0542.